The summed E-state index contributed by atoms with van der Waals surface area (Å²) in [5.41, 5.74) is 8.28. The van der Waals surface area contributed by atoms with Gasteiger partial charge in [-0.05, 0) is 41.9 Å². The molecule has 0 heterocycles. The van der Waals surface area contributed by atoms with Crippen LogP contribution in [0, 0.1) is 5.82 Å². The second kappa shape index (κ2) is 6.40. The number of benzene rings is 2. The third-order valence-electron chi connectivity index (χ3n) is 2.62. The van der Waals surface area contributed by atoms with E-state index in [1.54, 1.807) is 24.3 Å². The highest BCUT2D eigenvalue weighted by Crippen LogP contribution is 2.32. The molecule has 0 N–H and O–H groups in total. The fourth-order valence-corrected chi connectivity index (χ4v) is 1.67. The summed E-state index contributed by atoms with van der Waals surface area (Å²) in [5.74, 6) is -0.0589. The van der Waals surface area contributed by atoms with Crippen LogP contribution in [-0.2, 0) is 0 Å². The molecule has 0 aromatic heterocycles. The summed E-state index contributed by atoms with van der Waals surface area (Å²) < 4.78 is 24.3. The zero-order valence-corrected chi connectivity index (χ0v) is 11.0. The van der Waals surface area contributed by atoms with E-state index in [1.807, 2.05) is 0 Å². The summed E-state index contributed by atoms with van der Waals surface area (Å²) in [6.45, 7) is 0. The zero-order valence-electron chi connectivity index (χ0n) is 11.0. The van der Waals surface area contributed by atoms with E-state index in [4.69, 9.17) is 15.0 Å². The van der Waals surface area contributed by atoms with Crippen LogP contribution in [0.5, 0.6) is 17.2 Å². The average Bonchev–Trinajstić information content (AvgIpc) is 2.50. The van der Waals surface area contributed by atoms with Gasteiger partial charge in [-0.25, -0.2) is 4.39 Å². The Kier molecular flexibility index (Phi) is 4.38. The second-order valence-electron chi connectivity index (χ2n) is 3.93. The van der Waals surface area contributed by atoms with Gasteiger partial charge in [-0.1, -0.05) is 5.11 Å². The first-order valence-electron chi connectivity index (χ1n) is 5.83. The number of hydrogen-bond acceptors (Lipinski definition) is 4. The van der Waals surface area contributed by atoms with Gasteiger partial charge in [0.1, 0.15) is 11.5 Å². The Morgan fingerprint density at radius 1 is 1.24 bits per heavy atom. The van der Waals surface area contributed by atoms with E-state index >= 15 is 0 Å². The van der Waals surface area contributed by atoms with Crippen LogP contribution in [0.3, 0.4) is 0 Å². The Morgan fingerprint density at radius 3 is 2.48 bits per heavy atom. The summed E-state index contributed by atoms with van der Waals surface area (Å²) in [5, 5.41) is 3.26. The van der Waals surface area contributed by atoms with E-state index in [1.165, 1.54) is 13.2 Å². The van der Waals surface area contributed by atoms with Crippen LogP contribution in [0.25, 0.3) is 10.4 Å². The molecule has 0 amide bonds. The van der Waals surface area contributed by atoms with Crippen LogP contribution in [0.15, 0.2) is 41.5 Å². The summed E-state index contributed by atoms with van der Waals surface area (Å²) >= 11 is 0. The van der Waals surface area contributed by atoms with Gasteiger partial charge < -0.3 is 9.47 Å². The molecule has 0 aliphatic carbocycles. The molecule has 21 heavy (non-hydrogen) atoms. The lowest BCUT2D eigenvalue weighted by molar-refractivity contribution is 0.112. The molecule has 7 heteroatoms. The summed E-state index contributed by atoms with van der Waals surface area (Å²) in [6, 6.07) is 8.67. The Balaban J connectivity index is 2.38. The monoisotopic (exact) mass is 287 g/mol. The molecule has 2 rings (SSSR count). The Bertz CT molecular complexity index is 710. The topological polar surface area (TPSA) is 84.3 Å². The number of halogens is 1. The summed E-state index contributed by atoms with van der Waals surface area (Å²) in [7, 11) is 1.52. The maximum absolute atomic E-state index is 14.0. The van der Waals surface area contributed by atoms with E-state index in [0.717, 1.165) is 6.07 Å². The summed E-state index contributed by atoms with van der Waals surface area (Å²) in [6.07, 6.45) is 0.429. The van der Waals surface area contributed by atoms with Gasteiger partial charge in [-0.2, -0.15) is 0 Å². The lowest BCUT2D eigenvalue weighted by Gasteiger charge is -2.10. The molecule has 0 radical (unpaired) electrons. The van der Waals surface area contributed by atoms with E-state index in [-0.39, 0.29) is 17.0 Å². The highest BCUT2D eigenvalue weighted by molar-refractivity contribution is 5.81. The van der Waals surface area contributed by atoms with E-state index in [0.29, 0.717) is 17.8 Å². The Labute approximate surface area is 119 Å². The van der Waals surface area contributed by atoms with Crippen molar-refractivity contribution in [2.45, 2.75) is 0 Å². The van der Waals surface area contributed by atoms with Gasteiger partial charge >= 0.3 is 0 Å². The SMILES string of the molecule is COc1ccc(Oc2c(F)cc(N=[N+]=[N-])cc2C=O)cc1. The van der Waals surface area contributed by atoms with Gasteiger partial charge in [-0.3, -0.25) is 4.79 Å². The molecule has 0 spiro atoms. The number of nitrogens with zero attached hydrogens (tertiary/aromatic N) is 3. The first-order chi connectivity index (χ1) is 10.2. The number of hydrogen-bond donors (Lipinski definition) is 0. The third-order valence-corrected chi connectivity index (χ3v) is 2.62. The maximum Gasteiger partial charge on any atom is 0.173 e. The van der Waals surface area contributed by atoms with Crippen molar-refractivity contribution in [2.24, 2.45) is 5.11 Å². The second-order valence-corrected chi connectivity index (χ2v) is 3.93. The van der Waals surface area contributed by atoms with Crippen LogP contribution < -0.4 is 9.47 Å². The minimum absolute atomic E-state index is 0.000758. The number of carbonyl (C=O) groups is 1. The molecule has 0 saturated heterocycles. The molecule has 0 fully saturated rings. The lowest BCUT2D eigenvalue weighted by atomic mass is 10.2. The molecular weight excluding hydrogens is 277 g/mol. The highest BCUT2D eigenvalue weighted by atomic mass is 19.1. The molecule has 0 aliphatic heterocycles. The molecule has 6 nitrogen and oxygen atoms in total. The lowest BCUT2D eigenvalue weighted by Crippen LogP contribution is -1.94. The molecule has 0 bridgehead atoms. The minimum atomic E-state index is -0.794. The zero-order chi connectivity index (χ0) is 15.2. The van der Waals surface area contributed by atoms with Gasteiger partial charge in [-0.15, -0.1) is 0 Å². The van der Waals surface area contributed by atoms with Crippen molar-refractivity contribution in [1.29, 1.82) is 0 Å². The average molecular weight is 287 g/mol. The van der Waals surface area contributed by atoms with Crippen LogP contribution in [-0.4, -0.2) is 13.4 Å². The van der Waals surface area contributed by atoms with Gasteiger partial charge in [0.25, 0.3) is 0 Å². The number of carbonyl (C=O) groups excluding carboxylic acids is 1. The first-order valence-corrected chi connectivity index (χ1v) is 5.83. The maximum atomic E-state index is 14.0. The van der Waals surface area contributed by atoms with E-state index in [2.05, 4.69) is 10.0 Å². The molecule has 0 saturated carbocycles. The fraction of sp³-hybridized carbons (Fsp3) is 0.0714. The fourth-order valence-electron chi connectivity index (χ4n) is 1.67. The number of rotatable bonds is 5. The normalized spacial score (nSPS) is 9.62. The van der Waals surface area contributed by atoms with Crippen molar-refractivity contribution < 1.29 is 18.7 Å². The molecule has 0 atom stereocenters. The molecule has 0 unspecified atom stereocenters. The number of azide groups is 1. The van der Waals surface area contributed by atoms with Crippen molar-refractivity contribution in [3.8, 4) is 17.2 Å². The van der Waals surface area contributed by atoms with Crippen LogP contribution in [0.2, 0.25) is 0 Å². The van der Waals surface area contributed by atoms with Gasteiger partial charge in [0.15, 0.2) is 17.9 Å². The van der Waals surface area contributed by atoms with Crippen LogP contribution in [0.1, 0.15) is 10.4 Å². The molecular formula is C14H10FN3O3. The predicted octanol–water partition coefficient (Wildman–Crippen LogP) is 4.38. The molecule has 0 aliphatic rings. The number of methoxy groups -OCH3 is 1. The Hall–Kier alpha value is -3.05. The van der Waals surface area contributed by atoms with E-state index in [9.17, 15) is 9.18 Å². The van der Waals surface area contributed by atoms with Crippen molar-refractivity contribution in [3.63, 3.8) is 0 Å². The van der Waals surface area contributed by atoms with Gasteiger partial charge in [0, 0.05) is 10.6 Å². The van der Waals surface area contributed by atoms with E-state index < -0.39 is 5.82 Å². The minimum Gasteiger partial charge on any atom is -0.497 e. The number of aldehydes is 1. The van der Waals surface area contributed by atoms with Crippen molar-refractivity contribution >= 4 is 12.0 Å². The quantitative estimate of drug-likeness (QED) is 0.354. The predicted molar refractivity (Wildman–Crippen MR) is 73.7 cm³/mol. The Morgan fingerprint density at radius 2 is 1.90 bits per heavy atom. The van der Waals surface area contributed by atoms with Crippen LogP contribution >= 0.6 is 0 Å². The smallest absolute Gasteiger partial charge is 0.173 e. The van der Waals surface area contributed by atoms with Crippen LogP contribution in [0.4, 0.5) is 10.1 Å². The standard InChI is InChI=1S/C14H10FN3O3/c1-20-11-2-4-12(5-3-11)21-14-9(8-19)6-10(17-18-16)7-13(14)15/h2-8H,1H3. The third kappa shape index (κ3) is 3.29. The highest BCUT2D eigenvalue weighted by Gasteiger charge is 2.13. The molecule has 106 valence electrons. The number of ether oxygens (including phenoxy) is 2. The largest absolute Gasteiger partial charge is 0.497 e. The summed E-state index contributed by atoms with van der Waals surface area (Å²) in [4.78, 5) is 13.6. The van der Waals surface area contributed by atoms with Gasteiger partial charge in [0.05, 0.1) is 12.7 Å². The van der Waals surface area contributed by atoms with Crippen molar-refractivity contribution in [3.05, 3.63) is 58.2 Å². The van der Waals surface area contributed by atoms with Crippen molar-refractivity contribution in [2.75, 3.05) is 7.11 Å². The molecule has 2 aromatic carbocycles. The van der Waals surface area contributed by atoms with Crippen molar-refractivity contribution in [1.82, 2.24) is 0 Å². The molecule has 2 aromatic rings. The first kappa shape index (κ1) is 14.4. The van der Waals surface area contributed by atoms with Gasteiger partial charge in [0.2, 0.25) is 0 Å².